The summed E-state index contributed by atoms with van der Waals surface area (Å²) in [7, 11) is 0. The van der Waals surface area contributed by atoms with Gasteiger partial charge in [-0.25, -0.2) is 9.59 Å². The summed E-state index contributed by atoms with van der Waals surface area (Å²) in [5, 5.41) is 14.6. The number of nitrogens with one attached hydrogen (secondary N) is 2. The summed E-state index contributed by atoms with van der Waals surface area (Å²) in [6.45, 7) is 5.09. The van der Waals surface area contributed by atoms with Gasteiger partial charge in [-0.3, -0.25) is 0 Å². The molecule has 0 fully saturated rings. The van der Waals surface area contributed by atoms with Gasteiger partial charge < -0.3 is 15.7 Å². The fourth-order valence-corrected chi connectivity index (χ4v) is 1.90. The van der Waals surface area contributed by atoms with Crippen LogP contribution in [0, 0.1) is 0 Å². The second-order valence-corrected chi connectivity index (χ2v) is 6.80. The summed E-state index contributed by atoms with van der Waals surface area (Å²) in [6.07, 6.45) is 2.49. The number of carboxylic acids is 1. The lowest BCUT2D eigenvalue weighted by molar-refractivity contribution is 0.0695. The van der Waals surface area contributed by atoms with Crippen LogP contribution in [0.3, 0.4) is 0 Å². The molecule has 2 amide bonds. The Balaban J connectivity index is 2.40. The molecule has 1 aromatic carbocycles. The average molecular weight is 310 g/mol. The predicted octanol–water partition coefficient (Wildman–Crippen LogP) is 2.37. The molecule has 0 saturated carbocycles. The van der Waals surface area contributed by atoms with Crippen LogP contribution < -0.4 is 10.6 Å². The maximum Gasteiger partial charge on any atom is 0.335 e. The van der Waals surface area contributed by atoms with Gasteiger partial charge in [-0.05, 0) is 38.2 Å². The van der Waals surface area contributed by atoms with E-state index in [0.717, 1.165) is 5.56 Å². The summed E-state index contributed by atoms with van der Waals surface area (Å²) >= 11 is 1.69. The predicted molar refractivity (Wildman–Crippen MR) is 86.1 cm³/mol. The lowest BCUT2D eigenvalue weighted by atomic mass is 10.0. The van der Waals surface area contributed by atoms with Crippen molar-refractivity contribution in [1.29, 1.82) is 0 Å². The summed E-state index contributed by atoms with van der Waals surface area (Å²) in [4.78, 5) is 22.7. The van der Waals surface area contributed by atoms with Crippen LogP contribution in [0.15, 0.2) is 24.3 Å². The zero-order chi connectivity index (χ0) is 15.9. The first-order valence-corrected chi connectivity index (χ1v) is 7.96. The van der Waals surface area contributed by atoms with Crippen LogP contribution in [0.2, 0.25) is 0 Å². The Hall–Kier alpha value is -1.69. The van der Waals surface area contributed by atoms with Gasteiger partial charge >= 0.3 is 12.0 Å². The zero-order valence-electron chi connectivity index (χ0n) is 12.6. The van der Waals surface area contributed by atoms with Gasteiger partial charge in [0.1, 0.15) is 0 Å². The Kier molecular flexibility index (Phi) is 6.55. The SMILES string of the molecule is CSC(C)(C)CNC(=O)NCCc1ccccc1C(=O)O. The summed E-state index contributed by atoms with van der Waals surface area (Å²) in [5.41, 5.74) is 0.998. The Morgan fingerprint density at radius 3 is 2.52 bits per heavy atom. The molecule has 0 saturated heterocycles. The van der Waals surface area contributed by atoms with Gasteiger partial charge in [0.25, 0.3) is 0 Å². The van der Waals surface area contributed by atoms with Gasteiger partial charge in [0.05, 0.1) is 5.56 Å². The van der Waals surface area contributed by atoms with E-state index >= 15 is 0 Å². The molecule has 5 nitrogen and oxygen atoms in total. The fraction of sp³-hybridized carbons (Fsp3) is 0.467. The van der Waals surface area contributed by atoms with Crippen molar-refractivity contribution in [2.24, 2.45) is 0 Å². The molecule has 0 aliphatic rings. The number of thioether (sulfide) groups is 1. The topological polar surface area (TPSA) is 78.4 Å². The third kappa shape index (κ3) is 6.08. The van der Waals surface area contributed by atoms with E-state index in [2.05, 4.69) is 24.5 Å². The van der Waals surface area contributed by atoms with Crippen LogP contribution >= 0.6 is 11.8 Å². The smallest absolute Gasteiger partial charge is 0.335 e. The molecule has 1 rings (SSSR count). The minimum Gasteiger partial charge on any atom is -0.478 e. The van der Waals surface area contributed by atoms with Gasteiger partial charge in [-0.2, -0.15) is 11.8 Å². The molecule has 21 heavy (non-hydrogen) atoms. The molecular weight excluding hydrogens is 288 g/mol. The first-order valence-electron chi connectivity index (χ1n) is 6.74. The number of hydrogen-bond donors (Lipinski definition) is 3. The largest absolute Gasteiger partial charge is 0.478 e. The third-order valence-electron chi connectivity index (χ3n) is 3.15. The molecule has 0 spiro atoms. The highest BCUT2D eigenvalue weighted by Gasteiger charge is 2.16. The molecule has 0 bridgehead atoms. The quantitative estimate of drug-likeness (QED) is 0.722. The first kappa shape index (κ1) is 17.4. The molecule has 0 unspecified atom stereocenters. The molecule has 116 valence electrons. The minimum atomic E-state index is -0.947. The molecule has 6 heteroatoms. The second-order valence-electron chi connectivity index (χ2n) is 5.29. The number of carbonyl (C=O) groups is 2. The lowest BCUT2D eigenvalue weighted by Gasteiger charge is -2.22. The molecule has 0 heterocycles. The molecule has 0 aliphatic heterocycles. The molecule has 0 aromatic heterocycles. The van der Waals surface area contributed by atoms with Crippen molar-refractivity contribution in [3.8, 4) is 0 Å². The number of urea groups is 1. The highest BCUT2D eigenvalue weighted by molar-refractivity contribution is 7.99. The molecular formula is C15H22N2O3S. The summed E-state index contributed by atoms with van der Waals surface area (Å²) < 4.78 is -0.00670. The summed E-state index contributed by atoms with van der Waals surface area (Å²) in [6, 6.07) is 6.59. The van der Waals surface area contributed by atoms with E-state index in [4.69, 9.17) is 5.11 Å². The molecule has 0 radical (unpaired) electrons. The Labute approximate surface area is 129 Å². The lowest BCUT2D eigenvalue weighted by Crippen LogP contribution is -2.42. The number of benzene rings is 1. The maximum absolute atomic E-state index is 11.7. The average Bonchev–Trinajstić information content (AvgIpc) is 2.45. The number of hydrogen-bond acceptors (Lipinski definition) is 3. The van der Waals surface area contributed by atoms with Crippen molar-refractivity contribution >= 4 is 23.8 Å². The monoisotopic (exact) mass is 310 g/mol. The van der Waals surface area contributed by atoms with Crippen molar-refractivity contribution < 1.29 is 14.7 Å². The molecule has 3 N–H and O–H groups in total. The van der Waals surface area contributed by atoms with Crippen LogP contribution in [-0.2, 0) is 6.42 Å². The van der Waals surface area contributed by atoms with E-state index in [1.807, 2.05) is 6.26 Å². The van der Waals surface area contributed by atoms with Crippen molar-refractivity contribution in [1.82, 2.24) is 10.6 Å². The van der Waals surface area contributed by atoms with Crippen LogP contribution in [0.5, 0.6) is 0 Å². The Bertz CT molecular complexity index is 503. The first-order chi connectivity index (χ1) is 9.85. The Morgan fingerprint density at radius 2 is 1.90 bits per heavy atom. The van der Waals surface area contributed by atoms with E-state index in [1.165, 1.54) is 0 Å². The highest BCUT2D eigenvalue weighted by Crippen LogP contribution is 2.19. The number of amides is 2. The standard InChI is InChI=1S/C15H22N2O3S/c1-15(2,21-3)10-17-14(20)16-9-8-11-6-4-5-7-12(11)13(18)19/h4-7H,8-10H2,1-3H3,(H,18,19)(H2,16,17,20). The molecule has 0 aliphatic carbocycles. The Morgan fingerprint density at radius 1 is 1.24 bits per heavy atom. The third-order valence-corrected chi connectivity index (χ3v) is 4.40. The van der Waals surface area contributed by atoms with E-state index < -0.39 is 5.97 Å². The van der Waals surface area contributed by atoms with Gasteiger partial charge in [-0.1, -0.05) is 18.2 Å². The van der Waals surface area contributed by atoms with E-state index in [0.29, 0.717) is 19.5 Å². The number of rotatable bonds is 7. The van der Waals surface area contributed by atoms with Crippen molar-refractivity contribution in [3.63, 3.8) is 0 Å². The van der Waals surface area contributed by atoms with Gasteiger partial charge in [0.2, 0.25) is 0 Å². The van der Waals surface area contributed by atoms with Crippen molar-refractivity contribution in [3.05, 3.63) is 35.4 Å². The highest BCUT2D eigenvalue weighted by atomic mass is 32.2. The summed E-state index contributed by atoms with van der Waals surface area (Å²) in [5.74, 6) is -0.947. The fourth-order valence-electron chi connectivity index (χ4n) is 1.69. The zero-order valence-corrected chi connectivity index (χ0v) is 13.4. The number of aromatic carboxylic acids is 1. The van der Waals surface area contributed by atoms with Gasteiger partial charge in [0, 0.05) is 17.8 Å². The van der Waals surface area contributed by atoms with Crippen molar-refractivity contribution in [2.75, 3.05) is 19.3 Å². The van der Waals surface area contributed by atoms with Gasteiger partial charge in [0.15, 0.2) is 0 Å². The minimum absolute atomic E-state index is 0.00670. The maximum atomic E-state index is 11.7. The van der Waals surface area contributed by atoms with Crippen LogP contribution in [0.4, 0.5) is 4.79 Å². The van der Waals surface area contributed by atoms with E-state index in [1.54, 1.807) is 36.0 Å². The number of carbonyl (C=O) groups excluding carboxylic acids is 1. The van der Waals surface area contributed by atoms with Crippen LogP contribution in [0.1, 0.15) is 29.8 Å². The van der Waals surface area contributed by atoms with E-state index in [9.17, 15) is 9.59 Å². The van der Waals surface area contributed by atoms with Crippen LogP contribution in [0.25, 0.3) is 0 Å². The van der Waals surface area contributed by atoms with E-state index in [-0.39, 0.29) is 16.3 Å². The molecule has 0 atom stereocenters. The number of carboxylic acid groups (broad SMARTS) is 1. The van der Waals surface area contributed by atoms with Crippen molar-refractivity contribution in [2.45, 2.75) is 25.0 Å². The van der Waals surface area contributed by atoms with Crippen LogP contribution in [-0.4, -0.2) is 41.2 Å². The second kappa shape index (κ2) is 7.93. The van der Waals surface area contributed by atoms with Gasteiger partial charge in [-0.15, -0.1) is 0 Å². The molecule has 1 aromatic rings. The normalized spacial score (nSPS) is 11.0.